The summed E-state index contributed by atoms with van der Waals surface area (Å²) in [5, 5.41) is 73.9. The highest BCUT2D eigenvalue weighted by atomic mass is 19.3. The van der Waals surface area contributed by atoms with Crippen LogP contribution in [0.15, 0.2) is 60.9 Å². The number of carbonyl (C=O) groups is 12. The number of aromatic nitrogens is 2. The van der Waals surface area contributed by atoms with Crippen molar-refractivity contribution >= 4 is 92.9 Å². The summed E-state index contributed by atoms with van der Waals surface area (Å²) in [6.07, 6.45) is 3.02. The van der Waals surface area contributed by atoms with E-state index in [1.165, 1.54) is 39.2 Å². The molecule has 3 aliphatic heterocycles. The van der Waals surface area contributed by atoms with Crippen LogP contribution in [-0.4, -0.2) is 299 Å². The summed E-state index contributed by atoms with van der Waals surface area (Å²) in [5.74, 6) is -15.8. The van der Waals surface area contributed by atoms with E-state index in [9.17, 15) is 106 Å². The number of amides is 8. The van der Waals surface area contributed by atoms with Crippen molar-refractivity contribution in [2.45, 2.75) is 119 Å². The van der Waals surface area contributed by atoms with E-state index >= 15 is 0 Å². The summed E-state index contributed by atoms with van der Waals surface area (Å²) in [7, 11) is 0. The molecule has 7 rings (SSSR count). The van der Waals surface area contributed by atoms with E-state index in [4.69, 9.17) is 18.9 Å². The number of benzene rings is 2. The summed E-state index contributed by atoms with van der Waals surface area (Å²) >= 11 is 0. The maximum Gasteiger partial charge on any atom is 0.317 e. The van der Waals surface area contributed by atoms with Crippen molar-refractivity contribution in [2.24, 2.45) is 0 Å². The molecule has 2 aromatic heterocycles. The van der Waals surface area contributed by atoms with Gasteiger partial charge in [0.15, 0.2) is 0 Å². The number of nitrogens with one attached hydrogen (secondary N) is 6. The Morgan fingerprint density at radius 3 is 1.50 bits per heavy atom. The smallest absolute Gasteiger partial charge is 0.317 e. The first-order chi connectivity index (χ1) is 53.0. The number of ether oxygens (including phenoxy) is 4. The number of unbranched alkanes of at least 4 members (excludes halogenated alkanes) is 3. The van der Waals surface area contributed by atoms with E-state index < -0.39 is 166 Å². The molecule has 10 N–H and O–H groups in total. The van der Waals surface area contributed by atoms with Crippen LogP contribution in [0.1, 0.15) is 104 Å². The molecule has 5 heterocycles. The Labute approximate surface area is 634 Å². The van der Waals surface area contributed by atoms with Crippen LogP contribution >= 0.6 is 0 Å². The molecule has 0 unspecified atom stereocenters. The summed E-state index contributed by atoms with van der Waals surface area (Å²) in [4.78, 5) is 167. The molecule has 35 nitrogen and oxygen atoms in total. The van der Waals surface area contributed by atoms with Crippen LogP contribution in [0.5, 0.6) is 11.5 Å². The first-order valence-corrected chi connectivity index (χ1v) is 36.0. The standard InChI is InChI=1S/C72H91F4N15O20/c73-71(74)33-47(35-77)90(45-71)61(95)37-84-67(105)51-14-20-79-55-10-8-49(31-53(51)55)110-25-5-3-18-81-59(93)13-12-57(69(107)83-19-4-6-26-111-50-9-11-56-54(32-50)52(15-21-80-56)68(106)85-38-62(96)91-46-72(75,76)34-48(91)36-78)86-60(94)16-27-108-29-30-109-28-22-82-58(92)7-1-2-17-70(89(41-65(101)102)42-66(103)104)43-87(39-63(97)98)23-24-88(44-70)40-64(99)100/h8-11,14-15,20-21,31-32,47-48,57H,1-7,12-13,16-19,22-30,33-34,37-46H2,(H,81,93)(H,82,92)(H,83,107)(H,84,105)(H,85,106)(H,86,94)(H,97,98)(H,99,100)(H,101,102)(H,103,104)/t47-,48+,57+/m1/s1. The number of alkyl halides is 4. The molecule has 3 fully saturated rings. The second-order valence-corrected chi connectivity index (χ2v) is 26.9. The summed E-state index contributed by atoms with van der Waals surface area (Å²) in [6.45, 7) is -4.60. The molecule has 3 aliphatic rings. The van der Waals surface area contributed by atoms with Crippen LogP contribution in [0.4, 0.5) is 17.6 Å². The fourth-order valence-corrected chi connectivity index (χ4v) is 13.0. The van der Waals surface area contributed by atoms with Crippen LogP contribution in [0, 0.1) is 22.7 Å². The van der Waals surface area contributed by atoms with E-state index in [1.807, 2.05) is 0 Å². The SMILES string of the molecule is N#C[C@@H]1CC(F)(F)CN1C(=O)CNC(=O)c1ccnc2ccc(OCCCCNC(=O)[C@H](CCC(=O)NCCCCOc3ccc4nccc(C(=O)NCC(=O)N5CC(F)(F)C[C@@H]5C#N)c4c3)NC(=O)CCOCCOCCNC(=O)CCCCC3(N(CC(=O)O)CC(=O)O)CN(CC(=O)O)CCN(CC(=O)O)C3)cc12. The topological polar surface area (TPSA) is 484 Å². The van der Waals surface area contributed by atoms with Crippen LogP contribution < -0.4 is 41.4 Å². The van der Waals surface area contributed by atoms with Gasteiger partial charge < -0.3 is 81.1 Å². The molecule has 2 aromatic carbocycles. The van der Waals surface area contributed by atoms with Crippen molar-refractivity contribution in [3.63, 3.8) is 0 Å². The molecule has 4 aromatic rings. The predicted octanol–water partition coefficient (Wildman–Crippen LogP) is 1.37. The van der Waals surface area contributed by atoms with E-state index in [1.54, 1.807) is 48.5 Å². The van der Waals surface area contributed by atoms with Gasteiger partial charge in [0.25, 0.3) is 23.7 Å². The minimum absolute atomic E-state index is 0.00602. The summed E-state index contributed by atoms with van der Waals surface area (Å²) in [5.41, 5.74) is -0.248. The third-order valence-corrected chi connectivity index (χ3v) is 18.3. The van der Waals surface area contributed by atoms with Crippen molar-refractivity contribution in [3.8, 4) is 23.6 Å². The molecule has 0 saturated carbocycles. The molecular formula is C72H91F4N15O20. The average Bonchev–Trinajstić information content (AvgIpc) is 1.79. The molecule has 0 aliphatic carbocycles. The minimum atomic E-state index is -3.24. The maximum absolute atomic E-state index is 14.0. The summed E-state index contributed by atoms with van der Waals surface area (Å²) < 4.78 is 79.0. The Morgan fingerprint density at radius 2 is 1.01 bits per heavy atom. The Kier molecular flexibility index (Phi) is 33.7. The number of pyridine rings is 2. The van der Waals surface area contributed by atoms with E-state index in [2.05, 4.69) is 41.9 Å². The Morgan fingerprint density at radius 1 is 0.532 bits per heavy atom. The second-order valence-electron chi connectivity index (χ2n) is 26.9. The zero-order chi connectivity index (χ0) is 80.7. The number of likely N-dealkylation sites (tertiary alicyclic amines) is 2. The van der Waals surface area contributed by atoms with Gasteiger partial charge in [-0.2, -0.15) is 10.5 Å². The highest BCUT2D eigenvalue weighted by Gasteiger charge is 2.49. The highest BCUT2D eigenvalue weighted by Crippen LogP contribution is 2.34. The lowest BCUT2D eigenvalue weighted by atomic mass is 9.88. The maximum atomic E-state index is 14.0. The van der Waals surface area contributed by atoms with Crippen LogP contribution in [0.25, 0.3) is 21.8 Å². The molecule has 0 radical (unpaired) electrons. The van der Waals surface area contributed by atoms with Gasteiger partial charge in [0.2, 0.25) is 35.4 Å². The number of fused-ring (bicyclic) bond motifs is 2. The molecule has 111 heavy (non-hydrogen) atoms. The number of nitriles is 2. The van der Waals surface area contributed by atoms with Gasteiger partial charge in [-0.25, -0.2) is 17.6 Å². The van der Waals surface area contributed by atoms with E-state index in [0.29, 0.717) is 59.0 Å². The monoisotopic (exact) mass is 1560 g/mol. The highest BCUT2D eigenvalue weighted by molar-refractivity contribution is 6.08. The average molecular weight is 1560 g/mol. The quantitative estimate of drug-likeness (QED) is 0.0221. The Bertz CT molecular complexity index is 4010. The molecule has 8 amide bonds. The Hall–Kier alpha value is -11.0. The number of hydrogen-bond donors (Lipinski definition) is 10. The molecule has 3 atom stereocenters. The number of halogens is 4. The minimum Gasteiger partial charge on any atom is -0.494 e. The van der Waals surface area contributed by atoms with Crippen molar-refractivity contribution in [1.29, 1.82) is 10.5 Å². The number of hydrogen-bond acceptors (Lipinski definition) is 23. The normalized spacial score (nSPS) is 16.8. The molecule has 602 valence electrons. The largest absolute Gasteiger partial charge is 0.494 e. The van der Waals surface area contributed by atoms with Gasteiger partial charge in [-0.1, -0.05) is 6.42 Å². The first kappa shape index (κ1) is 87.2. The number of aliphatic carboxylic acids is 4. The van der Waals surface area contributed by atoms with Crippen molar-refractivity contribution in [2.75, 3.05) is 138 Å². The van der Waals surface area contributed by atoms with Gasteiger partial charge >= 0.3 is 23.9 Å². The van der Waals surface area contributed by atoms with Crippen molar-refractivity contribution in [3.05, 3.63) is 72.1 Å². The summed E-state index contributed by atoms with van der Waals surface area (Å²) in [6, 6.07) is 12.0. The fraction of sp³-hybridized carbons (Fsp3) is 0.556. The second kappa shape index (κ2) is 42.8. The number of carbonyl (C=O) groups excluding carboxylic acids is 8. The molecule has 3 saturated heterocycles. The predicted molar refractivity (Wildman–Crippen MR) is 382 cm³/mol. The van der Waals surface area contributed by atoms with Gasteiger partial charge in [-0.15, -0.1) is 0 Å². The lowest BCUT2D eigenvalue weighted by molar-refractivity contribution is -0.148. The van der Waals surface area contributed by atoms with Gasteiger partial charge in [0.1, 0.15) is 29.6 Å². The van der Waals surface area contributed by atoms with Gasteiger partial charge in [0, 0.05) is 107 Å². The van der Waals surface area contributed by atoms with Crippen LogP contribution in [0.2, 0.25) is 0 Å². The third kappa shape index (κ3) is 28.4. The van der Waals surface area contributed by atoms with Gasteiger partial charge in [0.05, 0.1) is 126 Å². The van der Waals surface area contributed by atoms with Gasteiger partial charge in [-0.3, -0.25) is 82.2 Å². The van der Waals surface area contributed by atoms with Crippen LogP contribution in [0.3, 0.4) is 0 Å². The van der Waals surface area contributed by atoms with Crippen LogP contribution in [-0.2, 0) is 57.4 Å². The molecular weight excluding hydrogens is 1470 g/mol. The number of nitrogens with zero attached hydrogens (tertiary/aromatic N) is 9. The Balaban J connectivity index is 0.842. The fourth-order valence-electron chi connectivity index (χ4n) is 13.0. The lowest BCUT2D eigenvalue weighted by Crippen LogP contribution is -2.62. The lowest BCUT2D eigenvalue weighted by Gasteiger charge is -2.45. The zero-order valence-corrected chi connectivity index (χ0v) is 60.9. The first-order valence-electron chi connectivity index (χ1n) is 36.0. The number of rotatable bonds is 46. The molecule has 0 spiro atoms. The van der Waals surface area contributed by atoms with Crippen molar-refractivity contribution < 1.29 is 114 Å². The van der Waals surface area contributed by atoms with E-state index in [-0.39, 0.29) is 147 Å². The molecule has 39 heteroatoms. The van der Waals surface area contributed by atoms with Crippen molar-refractivity contribution in [1.82, 2.24) is 66.4 Å². The van der Waals surface area contributed by atoms with E-state index in [0.717, 1.165) is 9.80 Å². The zero-order valence-electron chi connectivity index (χ0n) is 60.9. The third-order valence-electron chi connectivity index (χ3n) is 18.3. The number of carboxylic acid groups (broad SMARTS) is 4. The van der Waals surface area contributed by atoms with Gasteiger partial charge in [-0.05, 0) is 93.5 Å². The number of carboxylic acids is 4. The molecule has 0 bridgehead atoms.